The summed E-state index contributed by atoms with van der Waals surface area (Å²) >= 11 is 0. The van der Waals surface area contributed by atoms with Crippen LogP contribution in [0.2, 0.25) is 0 Å². The Morgan fingerprint density at radius 2 is 2.00 bits per heavy atom. The van der Waals surface area contributed by atoms with Gasteiger partial charge in [0, 0.05) is 0 Å². The zero-order valence-corrected chi connectivity index (χ0v) is 7.98. The fraction of sp³-hybridized carbons (Fsp3) is 0.300. The van der Waals surface area contributed by atoms with Gasteiger partial charge in [-0.05, 0) is 24.3 Å². The Hall–Kier alpha value is -1.62. The molecule has 0 bridgehead atoms. The van der Waals surface area contributed by atoms with Gasteiger partial charge < -0.3 is 14.6 Å². The van der Waals surface area contributed by atoms with Crippen molar-refractivity contribution in [3.8, 4) is 5.75 Å². The lowest BCUT2D eigenvalue weighted by atomic mass is 10.3. The Labute approximate surface area is 86.2 Å². The lowest BCUT2D eigenvalue weighted by molar-refractivity contribution is -0.146. The zero-order chi connectivity index (χ0) is 11.1. The van der Waals surface area contributed by atoms with Crippen molar-refractivity contribution >= 4 is 5.97 Å². The number of hydrogen-bond donors (Lipinski definition) is 1. The number of halogens is 1. The quantitative estimate of drug-likeness (QED) is 0.734. The Morgan fingerprint density at radius 1 is 1.33 bits per heavy atom. The normalized spacial score (nSPS) is 9.73. The maximum absolute atomic E-state index is 12.5. The third-order valence-corrected chi connectivity index (χ3v) is 1.52. The second-order valence-electron chi connectivity index (χ2n) is 2.69. The van der Waals surface area contributed by atoms with Crippen LogP contribution in [0.15, 0.2) is 24.3 Å². The Kier molecular flexibility index (Phi) is 4.56. The van der Waals surface area contributed by atoms with Crippen LogP contribution in [-0.2, 0) is 9.53 Å². The number of hydrogen-bond acceptors (Lipinski definition) is 4. The molecule has 4 nitrogen and oxygen atoms in total. The van der Waals surface area contributed by atoms with Crippen LogP contribution < -0.4 is 4.74 Å². The first-order valence-corrected chi connectivity index (χ1v) is 4.37. The lowest BCUT2D eigenvalue weighted by Crippen LogP contribution is -2.16. The molecule has 82 valence electrons. The molecule has 0 aliphatic rings. The van der Waals surface area contributed by atoms with Gasteiger partial charge in [0.15, 0.2) is 6.61 Å². The number of ether oxygens (including phenoxy) is 2. The molecule has 0 saturated heterocycles. The highest BCUT2D eigenvalue weighted by molar-refractivity contribution is 5.71. The van der Waals surface area contributed by atoms with E-state index < -0.39 is 5.97 Å². The molecule has 0 radical (unpaired) electrons. The topological polar surface area (TPSA) is 55.8 Å². The van der Waals surface area contributed by atoms with Gasteiger partial charge in [-0.2, -0.15) is 0 Å². The minimum Gasteiger partial charge on any atom is -0.482 e. The van der Waals surface area contributed by atoms with E-state index in [-0.39, 0.29) is 25.6 Å². The van der Waals surface area contributed by atoms with E-state index in [1.165, 1.54) is 24.3 Å². The second kappa shape index (κ2) is 5.98. The molecule has 0 aliphatic carbocycles. The van der Waals surface area contributed by atoms with Crippen LogP contribution in [0.4, 0.5) is 4.39 Å². The minimum absolute atomic E-state index is 0.0500. The van der Waals surface area contributed by atoms with Crippen LogP contribution in [0.25, 0.3) is 0 Å². The predicted molar refractivity (Wildman–Crippen MR) is 49.9 cm³/mol. The summed E-state index contributed by atoms with van der Waals surface area (Å²) in [6.45, 7) is -0.528. The van der Waals surface area contributed by atoms with Crippen molar-refractivity contribution in [3.63, 3.8) is 0 Å². The van der Waals surface area contributed by atoms with E-state index in [4.69, 9.17) is 9.84 Å². The van der Waals surface area contributed by atoms with Gasteiger partial charge in [0.1, 0.15) is 18.2 Å². The average molecular weight is 214 g/mol. The summed E-state index contributed by atoms with van der Waals surface area (Å²) in [4.78, 5) is 10.9. The van der Waals surface area contributed by atoms with Crippen LogP contribution >= 0.6 is 0 Å². The van der Waals surface area contributed by atoms with Crippen molar-refractivity contribution in [2.45, 2.75) is 0 Å². The number of aliphatic hydroxyl groups is 1. The van der Waals surface area contributed by atoms with Crippen molar-refractivity contribution in [3.05, 3.63) is 30.1 Å². The van der Waals surface area contributed by atoms with Gasteiger partial charge in [0.2, 0.25) is 0 Å². The molecule has 0 unspecified atom stereocenters. The third kappa shape index (κ3) is 4.42. The van der Waals surface area contributed by atoms with E-state index in [9.17, 15) is 9.18 Å². The van der Waals surface area contributed by atoms with Crippen LogP contribution in [0.1, 0.15) is 0 Å². The molecular formula is C10H11FO4. The summed E-state index contributed by atoms with van der Waals surface area (Å²) in [5.74, 6) is -0.559. The number of esters is 1. The Bertz CT molecular complexity index is 310. The molecule has 0 saturated carbocycles. The highest BCUT2D eigenvalue weighted by Gasteiger charge is 2.03. The molecule has 1 aromatic rings. The summed E-state index contributed by atoms with van der Waals surface area (Å²) in [5.41, 5.74) is 0. The van der Waals surface area contributed by atoms with E-state index in [1.807, 2.05) is 0 Å². The van der Waals surface area contributed by atoms with Crippen LogP contribution in [-0.4, -0.2) is 30.9 Å². The summed E-state index contributed by atoms with van der Waals surface area (Å²) < 4.78 is 22.0. The summed E-state index contributed by atoms with van der Waals surface area (Å²) in [5, 5.41) is 8.37. The lowest BCUT2D eigenvalue weighted by Gasteiger charge is -2.05. The van der Waals surface area contributed by atoms with Crippen molar-refractivity contribution < 1.29 is 23.8 Å². The molecule has 0 aliphatic heterocycles. The first-order chi connectivity index (χ1) is 7.22. The van der Waals surface area contributed by atoms with E-state index in [1.54, 1.807) is 0 Å². The number of rotatable bonds is 5. The van der Waals surface area contributed by atoms with Crippen molar-refractivity contribution in [2.24, 2.45) is 0 Å². The highest BCUT2D eigenvalue weighted by atomic mass is 19.1. The standard InChI is InChI=1S/C10H11FO4/c11-8-1-3-9(4-2-8)15-7-10(13)14-6-5-12/h1-4,12H,5-7H2. The summed E-state index contributed by atoms with van der Waals surface area (Å²) in [7, 11) is 0. The Balaban J connectivity index is 2.30. The number of carbonyl (C=O) groups is 1. The van der Waals surface area contributed by atoms with E-state index in [0.29, 0.717) is 5.75 Å². The predicted octanol–water partition coefficient (Wildman–Crippen LogP) is 0.740. The maximum atomic E-state index is 12.5. The maximum Gasteiger partial charge on any atom is 0.344 e. The molecule has 15 heavy (non-hydrogen) atoms. The largest absolute Gasteiger partial charge is 0.482 e. The molecule has 0 heterocycles. The minimum atomic E-state index is -0.576. The van der Waals surface area contributed by atoms with Gasteiger partial charge in [0.05, 0.1) is 6.61 Å². The summed E-state index contributed by atoms with van der Waals surface area (Å²) in [6, 6.07) is 5.28. The summed E-state index contributed by atoms with van der Waals surface area (Å²) in [6.07, 6.45) is 0. The van der Waals surface area contributed by atoms with Crippen LogP contribution in [0.5, 0.6) is 5.75 Å². The van der Waals surface area contributed by atoms with Crippen molar-refractivity contribution in [2.75, 3.05) is 19.8 Å². The van der Waals surface area contributed by atoms with Crippen molar-refractivity contribution in [1.29, 1.82) is 0 Å². The zero-order valence-electron chi connectivity index (χ0n) is 7.98. The third-order valence-electron chi connectivity index (χ3n) is 1.52. The second-order valence-corrected chi connectivity index (χ2v) is 2.69. The molecule has 1 rings (SSSR count). The van der Waals surface area contributed by atoms with Gasteiger partial charge in [-0.1, -0.05) is 0 Å². The number of benzene rings is 1. The number of carbonyl (C=O) groups excluding carboxylic acids is 1. The van der Waals surface area contributed by atoms with Crippen molar-refractivity contribution in [1.82, 2.24) is 0 Å². The first kappa shape index (κ1) is 11.5. The Morgan fingerprint density at radius 3 is 2.60 bits per heavy atom. The molecule has 0 amide bonds. The van der Waals surface area contributed by atoms with E-state index in [0.717, 1.165) is 0 Å². The van der Waals surface area contributed by atoms with Crippen LogP contribution in [0.3, 0.4) is 0 Å². The highest BCUT2D eigenvalue weighted by Crippen LogP contribution is 2.10. The fourth-order valence-electron chi connectivity index (χ4n) is 0.874. The molecular weight excluding hydrogens is 203 g/mol. The molecule has 5 heteroatoms. The molecule has 1 N–H and O–H groups in total. The molecule has 0 spiro atoms. The first-order valence-electron chi connectivity index (χ1n) is 4.37. The monoisotopic (exact) mass is 214 g/mol. The van der Waals surface area contributed by atoms with Gasteiger partial charge in [-0.25, -0.2) is 9.18 Å². The van der Waals surface area contributed by atoms with Crippen LogP contribution in [0, 0.1) is 5.82 Å². The fourth-order valence-corrected chi connectivity index (χ4v) is 0.874. The van der Waals surface area contributed by atoms with E-state index in [2.05, 4.69) is 4.74 Å². The molecule has 0 aromatic heterocycles. The number of aliphatic hydroxyl groups excluding tert-OH is 1. The van der Waals surface area contributed by atoms with Gasteiger partial charge in [0.25, 0.3) is 0 Å². The molecule has 1 aromatic carbocycles. The smallest absolute Gasteiger partial charge is 0.344 e. The molecule has 0 fully saturated rings. The van der Waals surface area contributed by atoms with Gasteiger partial charge in [-0.15, -0.1) is 0 Å². The van der Waals surface area contributed by atoms with E-state index >= 15 is 0 Å². The van der Waals surface area contributed by atoms with Gasteiger partial charge >= 0.3 is 5.97 Å². The van der Waals surface area contributed by atoms with Gasteiger partial charge in [-0.3, -0.25) is 0 Å². The SMILES string of the molecule is O=C(COc1ccc(F)cc1)OCCO. The molecule has 0 atom stereocenters. The average Bonchev–Trinajstić information content (AvgIpc) is 2.25.